The Labute approximate surface area is 114 Å². The summed E-state index contributed by atoms with van der Waals surface area (Å²) in [6, 6.07) is 0. The molecule has 0 radical (unpaired) electrons. The summed E-state index contributed by atoms with van der Waals surface area (Å²) in [4.78, 5) is 11.9. The number of aromatic nitrogens is 2. The molecule has 3 N–H and O–H groups in total. The van der Waals surface area contributed by atoms with Gasteiger partial charge in [-0.2, -0.15) is 5.10 Å². The van der Waals surface area contributed by atoms with Crippen LogP contribution in [-0.4, -0.2) is 46.4 Å². The number of aromatic amines is 1. The molecule has 0 aromatic carbocycles. The standard InChI is InChI=1S/C12H17F2N3O3/c1-6-3-8-9(7(2)20-6)16-17-10(8)11(19)15-4-12(13,14)5-18/h6-7,18H,3-5H2,1-2H3,(H,15,19)(H,16,17)/t6-,7+/m1/s1. The number of rotatable bonds is 4. The number of aliphatic hydroxyl groups excluding tert-OH is 1. The third-order valence-electron chi connectivity index (χ3n) is 3.19. The van der Waals surface area contributed by atoms with Crippen LogP contribution in [0.5, 0.6) is 0 Å². The van der Waals surface area contributed by atoms with Gasteiger partial charge >= 0.3 is 0 Å². The third kappa shape index (κ3) is 2.96. The maximum atomic E-state index is 12.9. The van der Waals surface area contributed by atoms with Gasteiger partial charge in [0.1, 0.15) is 6.61 Å². The minimum atomic E-state index is -3.34. The van der Waals surface area contributed by atoms with Crippen molar-refractivity contribution in [3.63, 3.8) is 0 Å². The van der Waals surface area contributed by atoms with E-state index >= 15 is 0 Å². The topological polar surface area (TPSA) is 87.2 Å². The number of nitrogens with zero attached hydrogens (tertiary/aromatic N) is 1. The summed E-state index contributed by atoms with van der Waals surface area (Å²) in [5.41, 5.74) is 1.50. The zero-order chi connectivity index (χ0) is 14.9. The Bertz CT molecular complexity index is 504. The van der Waals surface area contributed by atoms with E-state index in [1.165, 1.54) is 0 Å². The Morgan fingerprint density at radius 2 is 2.30 bits per heavy atom. The largest absolute Gasteiger partial charge is 0.390 e. The fourth-order valence-electron chi connectivity index (χ4n) is 2.21. The lowest BCUT2D eigenvalue weighted by atomic mass is 9.99. The van der Waals surface area contributed by atoms with Crippen LogP contribution in [0.4, 0.5) is 8.78 Å². The molecular formula is C12H17F2N3O3. The van der Waals surface area contributed by atoms with Crippen LogP contribution < -0.4 is 5.32 Å². The van der Waals surface area contributed by atoms with Crippen molar-refractivity contribution in [3.05, 3.63) is 17.0 Å². The van der Waals surface area contributed by atoms with Crippen LogP contribution in [0.25, 0.3) is 0 Å². The van der Waals surface area contributed by atoms with Gasteiger partial charge in [0.15, 0.2) is 5.69 Å². The number of hydrogen-bond donors (Lipinski definition) is 3. The Hall–Kier alpha value is -1.54. The second kappa shape index (κ2) is 5.45. The number of halogens is 2. The summed E-state index contributed by atoms with van der Waals surface area (Å²) in [7, 11) is 0. The molecule has 0 saturated heterocycles. The number of carbonyl (C=O) groups is 1. The van der Waals surface area contributed by atoms with Gasteiger partial charge in [-0.05, 0) is 13.8 Å². The summed E-state index contributed by atoms with van der Waals surface area (Å²) >= 11 is 0. The maximum Gasteiger partial charge on any atom is 0.287 e. The first-order valence-electron chi connectivity index (χ1n) is 6.33. The number of carbonyl (C=O) groups excluding carboxylic acids is 1. The van der Waals surface area contributed by atoms with Crippen molar-refractivity contribution in [3.8, 4) is 0 Å². The van der Waals surface area contributed by atoms with Gasteiger partial charge in [0, 0.05) is 12.0 Å². The van der Waals surface area contributed by atoms with E-state index in [1.807, 2.05) is 13.8 Å². The van der Waals surface area contributed by atoms with Gasteiger partial charge in [0.2, 0.25) is 0 Å². The van der Waals surface area contributed by atoms with Crippen LogP contribution in [0.3, 0.4) is 0 Å². The molecule has 8 heteroatoms. The number of H-pyrrole nitrogens is 1. The van der Waals surface area contributed by atoms with Gasteiger partial charge in [0.05, 0.1) is 24.4 Å². The van der Waals surface area contributed by atoms with Crippen molar-refractivity contribution in [1.29, 1.82) is 0 Å². The van der Waals surface area contributed by atoms with Gasteiger partial charge in [-0.15, -0.1) is 0 Å². The molecule has 1 amide bonds. The molecule has 20 heavy (non-hydrogen) atoms. The molecule has 0 spiro atoms. The van der Waals surface area contributed by atoms with Crippen molar-refractivity contribution in [2.45, 2.75) is 38.4 Å². The Morgan fingerprint density at radius 1 is 1.60 bits per heavy atom. The first-order chi connectivity index (χ1) is 9.34. The normalized spacial score (nSPS) is 22.4. The van der Waals surface area contributed by atoms with E-state index in [0.29, 0.717) is 17.7 Å². The molecule has 0 unspecified atom stereocenters. The molecule has 6 nitrogen and oxygen atoms in total. The predicted octanol–water partition coefficient (Wildman–Crippen LogP) is 0.789. The van der Waals surface area contributed by atoms with Crippen LogP contribution >= 0.6 is 0 Å². The molecule has 112 valence electrons. The number of hydrogen-bond acceptors (Lipinski definition) is 4. The average Bonchev–Trinajstić information content (AvgIpc) is 2.80. The molecule has 0 aliphatic carbocycles. The summed E-state index contributed by atoms with van der Waals surface area (Å²) in [6.07, 6.45) is 0.206. The minimum Gasteiger partial charge on any atom is -0.390 e. The van der Waals surface area contributed by atoms with Crippen LogP contribution in [0.1, 0.15) is 41.7 Å². The molecule has 2 rings (SSSR count). The summed E-state index contributed by atoms with van der Waals surface area (Å²) < 4.78 is 31.4. The smallest absolute Gasteiger partial charge is 0.287 e. The van der Waals surface area contributed by atoms with E-state index in [1.54, 1.807) is 0 Å². The summed E-state index contributed by atoms with van der Waals surface area (Å²) in [5, 5.41) is 17.1. The number of alkyl halides is 2. The molecule has 0 bridgehead atoms. The number of nitrogens with one attached hydrogen (secondary N) is 2. The second-order valence-corrected chi connectivity index (χ2v) is 4.95. The monoisotopic (exact) mass is 289 g/mol. The highest BCUT2D eigenvalue weighted by Gasteiger charge is 2.32. The van der Waals surface area contributed by atoms with Gasteiger partial charge < -0.3 is 15.2 Å². The lowest BCUT2D eigenvalue weighted by molar-refractivity contribution is -0.0462. The van der Waals surface area contributed by atoms with Crippen molar-refractivity contribution in [2.24, 2.45) is 0 Å². The number of fused-ring (bicyclic) bond motifs is 1. The molecule has 2 atom stereocenters. The van der Waals surface area contributed by atoms with Crippen LogP contribution in [0, 0.1) is 0 Å². The lowest BCUT2D eigenvalue weighted by Crippen LogP contribution is -2.39. The molecule has 1 aromatic heterocycles. The Kier molecular flexibility index (Phi) is 4.05. The molecule has 0 fully saturated rings. The van der Waals surface area contributed by atoms with Gasteiger partial charge in [0.25, 0.3) is 11.8 Å². The molecule has 2 heterocycles. The predicted molar refractivity (Wildman–Crippen MR) is 65.6 cm³/mol. The van der Waals surface area contributed by atoms with E-state index in [9.17, 15) is 13.6 Å². The average molecular weight is 289 g/mol. The highest BCUT2D eigenvalue weighted by molar-refractivity contribution is 5.94. The first-order valence-corrected chi connectivity index (χ1v) is 6.33. The van der Waals surface area contributed by atoms with Crippen molar-refractivity contribution in [1.82, 2.24) is 15.5 Å². The lowest BCUT2D eigenvalue weighted by Gasteiger charge is -2.25. The van der Waals surface area contributed by atoms with Crippen LogP contribution in [0.15, 0.2) is 0 Å². The molecule has 1 aliphatic heterocycles. The molecule has 1 aromatic rings. The van der Waals surface area contributed by atoms with Crippen molar-refractivity contribution in [2.75, 3.05) is 13.2 Å². The Morgan fingerprint density at radius 3 is 2.95 bits per heavy atom. The third-order valence-corrected chi connectivity index (χ3v) is 3.19. The zero-order valence-corrected chi connectivity index (χ0v) is 11.2. The van der Waals surface area contributed by atoms with Crippen molar-refractivity contribution >= 4 is 5.91 Å². The van der Waals surface area contributed by atoms with E-state index < -0.39 is 25.0 Å². The molecule has 0 saturated carbocycles. The minimum absolute atomic E-state index is 0.0690. The van der Waals surface area contributed by atoms with E-state index in [0.717, 1.165) is 0 Å². The second-order valence-electron chi connectivity index (χ2n) is 4.95. The van der Waals surface area contributed by atoms with Gasteiger partial charge in [-0.1, -0.05) is 0 Å². The van der Waals surface area contributed by atoms with Crippen LogP contribution in [0.2, 0.25) is 0 Å². The van der Waals surface area contributed by atoms with Gasteiger partial charge in [-0.3, -0.25) is 9.89 Å². The van der Waals surface area contributed by atoms with Crippen molar-refractivity contribution < 1.29 is 23.4 Å². The fraction of sp³-hybridized carbons (Fsp3) is 0.667. The summed E-state index contributed by atoms with van der Waals surface area (Å²) in [5.74, 6) is -4.02. The number of ether oxygens (including phenoxy) is 1. The highest BCUT2D eigenvalue weighted by atomic mass is 19.3. The maximum absolute atomic E-state index is 12.9. The van der Waals surface area contributed by atoms with Gasteiger partial charge in [-0.25, -0.2) is 8.78 Å². The quantitative estimate of drug-likeness (QED) is 0.764. The summed E-state index contributed by atoms with van der Waals surface area (Å²) in [6.45, 7) is 1.46. The Balaban J connectivity index is 2.12. The number of amides is 1. The highest BCUT2D eigenvalue weighted by Crippen LogP contribution is 2.30. The van der Waals surface area contributed by atoms with E-state index in [4.69, 9.17) is 9.84 Å². The number of aliphatic hydroxyl groups is 1. The molecule has 1 aliphatic rings. The fourth-order valence-corrected chi connectivity index (χ4v) is 2.21. The molecular weight excluding hydrogens is 272 g/mol. The zero-order valence-electron chi connectivity index (χ0n) is 11.2. The SMILES string of the molecule is C[C@@H]1Cc2c(C(=O)NCC(F)(F)CO)n[nH]c2[C@H](C)O1. The van der Waals surface area contributed by atoms with E-state index in [2.05, 4.69) is 15.5 Å². The van der Waals surface area contributed by atoms with Crippen LogP contribution in [-0.2, 0) is 11.2 Å². The first kappa shape index (κ1) is 14.9. The van der Waals surface area contributed by atoms with E-state index in [-0.39, 0.29) is 17.9 Å².